The highest BCUT2D eigenvalue weighted by atomic mass is 19.4. The van der Waals surface area contributed by atoms with Gasteiger partial charge in [0.2, 0.25) is 0 Å². The van der Waals surface area contributed by atoms with Crippen molar-refractivity contribution in [2.75, 3.05) is 20.1 Å². The second-order valence-electron chi connectivity index (χ2n) is 7.59. The maximum atomic E-state index is 12.8. The van der Waals surface area contributed by atoms with Gasteiger partial charge in [-0.1, -0.05) is 30.3 Å². The fourth-order valence-electron chi connectivity index (χ4n) is 4.12. The molecular weight excluding hydrogens is 363 g/mol. The van der Waals surface area contributed by atoms with Crippen LogP contribution in [0.1, 0.15) is 35.4 Å². The Morgan fingerprint density at radius 3 is 2.46 bits per heavy atom. The molecule has 3 aromatic rings. The van der Waals surface area contributed by atoms with Crippen LogP contribution in [0.3, 0.4) is 0 Å². The number of likely N-dealkylation sites (N-methyl/N-ethyl adjacent to an activating group) is 1. The molecule has 1 saturated heterocycles. The number of alkyl halides is 3. The number of benzene rings is 2. The minimum absolute atomic E-state index is 0.424. The van der Waals surface area contributed by atoms with Crippen LogP contribution in [-0.4, -0.2) is 35.2 Å². The molecule has 0 spiro atoms. The summed E-state index contributed by atoms with van der Waals surface area (Å²) in [6, 6.07) is 11.3. The van der Waals surface area contributed by atoms with Crippen LogP contribution in [-0.2, 0) is 6.18 Å². The molecule has 6 heteroatoms. The minimum atomic E-state index is -4.34. The highest BCUT2D eigenvalue weighted by molar-refractivity contribution is 5.89. The summed E-state index contributed by atoms with van der Waals surface area (Å²) in [4.78, 5) is 2.34. The fourth-order valence-corrected chi connectivity index (χ4v) is 4.12. The van der Waals surface area contributed by atoms with E-state index >= 15 is 0 Å². The minimum Gasteiger partial charge on any atom is -0.306 e. The number of halogens is 3. The molecule has 28 heavy (non-hydrogen) atoms. The first-order valence-electron chi connectivity index (χ1n) is 9.46. The number of aryl methyl sites for hydroxylation is 1. The molecule has 2 heterocycles. The Morgan fingerprint density at radius 2 is 1.79 bits per heavy atom. The Morgan fingerprint density at radius 1 is 1.04 bits per heavy atom. The van der Waals surface area contributed by atoms with Gasteiger partial charge in [0.15, 0.2) is 0 Å². The third-order valence-electron chi connectivity index (χ3n) is 5.63. The highest BCUT2D eigenvalue weighted by Gasteiger charge is 2.30. The molecule has 0 N–H and O–H groups in total. The monoisotopic (exact) mass is 385 g/mol. The van der Waals surface area contributed by atoms with Gasteiger partial charge in [-0.15, -0.1) is 10.2 Å². The van der Waals surface area contributed by atoms with E-state index in [9.17, 15) is 13.2 Å². The van der Waals surface area contributed by atoms with Crippen molar-refractivity contribution in [2.45, 2.75) is 31.9 Å². The van der Waals surface area contributed by atoms with Crippen LogP contribution in [0.2, 0.25) is 0 Å². The summed E-state index contributed by atoms with van der Waals surface area (Å²) in [5, 5.41) is 9.91. The maximum absolute atomic E-state index is 12.8. The number of hydrogen-bond donors (Lipinski definition) is 0. The molecular formula is C22H22F3N3. The van der Waals surface area contributed by atoms with Gasteiger partial charge in [-0.05, 0) is 62.5 Å². The average Bonchev–Trinajstić information content (AvgIpc) is 2.67. The Kier molecular flexibility index (Phi) is 4.83. The Labute approximate surface area is 162 Å². The number of hydrogen-bond acceptors (Lipinski definition) is 3. The molecule has 1 aromatic heterocycles. The zero-order valence-corrected chi connectivity index (χ0v) is 15.9. The van der Waals surface area contributed by atoms with Crippen LogP contribution in [0.25, 0.3) is 22.2 Å². The number of nitrogens with zero attached hydrogens (tertiary/aromatic N) is 3. The number of rotatable bonds is 2. The zero-order valence-electron chi connectivity index (χ0n) is 15.9. The Hall–Kier alpha value is -2.47. The molecule has 0 unspecified atom stereocenters. The summed E-state index contributed by atoms with van der Waals surface area (Å²) < 4.78 is 38.5. The smallest absolute Gasteiger partial charge is 0.306 e. The van der Waals surface area contributed by atoms with Gasteiger partial charge in [0.05, 0.1) is 16.8 Å². The van der Waals surface area contributed by atoms with E-state index in [2.05, 4.69) is 28.2 Å². The maximum Gasteiger partial charge on any atom is 0.416 e. The lowest BCUT2D eigenvalue weighted by Gasteiger charge is -2.30. The third-order valence-corrected chi connectivity index (χ3v) is 5.63. The van der Waals surface area contributed by atoms with Gasteiger partial charge in [0.25, 0.3) is 0 Å². The third kappa shape index (κ3) is 3.49. The largest absolute Gasteiger partial charge is 0.416 e. The standard InChI is InChI=1S/C22H22F3N3/c1-14-18-6-3-7-19(16-5-4-12-28(2)13-16)21(18)27-26-20(14)15-8-10-17(11-9-15)22(23,24)25/h3,6-11,16H,4-5,12-13H2,1-2H3/t16-/m1/s1. The summed E-state index contributed by atoms with van der Waals surface area (Å²) in [7, 11) is 2.14. The van der Waals surface area contributed by atoms with Crippen molar-refractivity contribution in [3.8, 4) is 11.3 Å². The number of aromatic nitrogens is 2. The van der Waals surface area contributed by atoms with Crippen LogP contribution in [0.15, 0.2) is 42.5 Å². The Balaban J connectivity index is 1.75. The van der Waals surface area contributed by atoms with Crippen LogP contribution in [0.5, 0.6) is 0 Å². The van der Waals surface area contributed by atoms with E-state index < -0.39 is 11.7 Å². The highest BCUT2D eigenvalue weighted by Crippen LogP contribution is 2.35. The first-order chi connectivity index (χ1) is 13.3. The molecule has 1 aliphatic rings. The van der Waals surface area contributed by atoms with E-state index in [1.165, 1.54) is 17.7 Å². The molecule has 0 aliphatic carbocycles. The average molecular weight is 385 g/mol. The summed E-state index contributed by atoms with van der Waals surface area (Å²) in [5.41, 5.74) is 3.65. The van der Waals surface area contributed by atoms with E-state index in [1.807, 2.05) is 19.1 Å². The van der Waals surface area contributed by atoms with Gasteiger partial charge in [-0.25, -0.2) is 0 Å². The van der Waals surface area contributed by atoms with Gasteiger partial charge in [-0.2, -0.15) is 13.2 Å². The van der Waals surface area contributed by atoms with Gasteiger partial charge in [-0.3, -0.25) is 0 Å². The van der Waals surface area contributed by atoms with E-state index in [1.54, 1.807) is 0 Å². The SMILES string of the molecule is Cc1c(-c2ccc(C(F)(F)F)cc2)nnc2c([C@@H]3CCCN(C)C3)cccc12. The van der Waals surface area contributed by atoms with Crippen molar-refractivity contribution in [1.29, 1.82) is 0 Å². The molecule has 1 atom stereocenters. The molecule has 1 aliphatic heterocycles. The Bertz CT molecular complexity index is 996. The van der Waals surface area contributed by atoms with Crippen molar-refractivity contribution < 1.29 is 13.2 Å². The molecule has 146 valence electrons. The quantitative estimate of drug-likeness (QED) is 0.589. The van der Waals surface area contributed by atoms with Crippen LogP contribution in [0.4, 0.5) is 13.2 Å². The van der Waals surface area contributed by atoms with Crippen LogP contribution in [0, 0.1) is 6.92 Å². The van der Waals surface area contributed by atoms with Crippen molar-refractivity contribution in [3.63, 3.8) is 0 Å². The number of fused-ring (bicyclic) bond motifs is 1. The second kappa shape index (κ2) is 7.17. The van der Waals surface area contributed by atoms with Crippen LogP contribution >= 0.6 is 0 Å². The van der Waals surface area contributed by atoms with E-state index in [4.69, 9.17) is 0 Å². The molecule has 3 nitrogen and oxygen atoms in total. The predicted octanol–water partition coefficient (Wildman–Crippen LogP) is 5.43. The second-order valence-corrected chi connectivity index (χ2v) is 7.59. The lowest BCUT2D eigenvalue weighted by Crippen LogP contribution is -2.31. The van der Waals surface area contributed by atoms with Gasteiger partial charge < -0.3 is 4.90 Å². The summed E-state index contributed by atoms with van der Waals surface area (Å²) in [5.74, 6) is 0.424. The van der Waals surface area contributed by atoms with Gasteiger partial charge >= 0.3 is 6.18 Å². The molecule has 4 rings (SSSR count). The summed E-state index contributed by atoms with van der Waals surface area (Å²) >= 11 is 0. The fraction of sp³-hybridized carbons (Fsp3) is 0.364. The summed E-state index contributed by atoms with van der Waals surface area (Å²) in [6.07, 6.45) is -2.05. The van der Waals surface area contributed by atoms with Gasteiger partial charge in [0, 0.05) is 17.5 Å². The molecule has 2 aromatic carbocycles. The molecule has 0 radical (unpaired) electrons. The van der Waals surface area contributed by atoms with Crippen molar-refractivity contribution in [3.05, 3.63) is 59.2 Å². The zero-order chi connectivity index (χ0) is 19.9. The lowest BCUT2D eigenvalue weighted by molar-refractivity contribution is -0.137. The molecule has 0 amide bonds. The van der Waals surface area contributed by atoms with Crippen molar-refractivity contribution in [2.24, 2.45) is 0 Å². The molecule has 0 bridgehead atoms. The molecule has 0 saturated carbocycles. The van der Waals surface area contributed by atoms with Crippen molar-refractivity contribution >= 4 is 10.9 Å². The van der Waals surface area contributed by atoms with E-state index in [0.29, 0.717) is 17.2 Å². The topological polar surface area (TPSA) is 29.0 Å². The van der Waals surface area contributed by atoms with Crippen LogP contribution < -0.4 is 0 Å². The summed E-state index contributed by atoms with van der Waals surface area (Å²) in [6.45, 7) is 4.07. The first kappa shape index (κ1) is 18.9. The number of likely N-dealkylation sites (tertiary alicyclic amines) is 1. The number of piperidine rings is 1. The first-order valence-corrected chi connectivity index (χ1v) is 9.46. The predicted molar refractivity (Wildman–Crippen MR) is 104 cm³/mol. The normalized spacial score (nSPS) is 18.5. The molecule has 1 fully saturated rings. The van der Waals surface area contributed by atoms with E-state index in [0.717, 1.165) is 54.5 Å². The lowest BCUT2D eigenvalue weighted by atomic mass is 9.88. The van der Waals surface area contributed by atoms with Gasteiger partial charge in [0.1, 0.15) is 0 Å². The van der Waals surface area contributed by atoms with E-state index in [-0.39, 0.29) is 0 Å². The van der Waals surface area contributed by atoms with Crippen molar-refractivity contribution in [1.82, 2.24) is 15.1 Å².